The van der Waals surface area contributed by atoms with Gasteiger partial charge in [0.2, 0.25) is 0 Å². The number of ketones is 1. The molecule has 0 aromatic rings. The fourth-order valence-electron chi connectivity index (χ4n) is 2.64. The van der Waals surface area contributed by atoms with Crippen molar-refractivity contribution in [2.24, 2.45) is 0 Å². The van der Waals surface area contributed by atoms with Gasteiger partial charge in [0.1, 0.15) is 6.10 Å². The third-order valence-corrected chi connectivity index (χ3v) is 4.22. The van der Waals surface area contributed by atoms with Crippen molar-refractivity contribution >= 4 is 11.8 Å². The molecule has 0 bridgehead atoms. The molecule has 0 amide bonds. The molecule has 1 rings (SSSR count). The molecular formula is C19H32O4. The summed E-state index contributed by atoms with van der Waals surface area (Å²) in [5, 5.41) is 0. The van der Waals surface area contributed by atoms with E-state index in [0.717, 1.165) is 51.4 Å². The van der Waals surface area contributed by atoms with Crippen molar-refractivity contribution in [2.75, 3.05) is 7.11 Å². The van der Waals surface area contributed by atoms with Gasteiger partial charge in [-0.3, -0.25) is 9.59 Å². The molecule has 1 saturated heterocycles. The number of methoxy groups -OCH3 is 1. The van der Waals surface area contributed by atoms with Crippen molar-refractivity contribution in [1.29, 1.82) is 0 Å². The summed E-state index contributed by atoms with van der Waals surface area (Å²) in [6, 6.07) is 0. The minimum atomic E-state index is -0.116. The summed E-state index contributed by atoms with van der Waals surface area (Å²) < 4.78 is 10.2. The van der Waals surface area contributed by atoms with Crippen LogP contribution < -0.4 is 0 Å². The molecule has 132 valence electrons. The number of epoxide rings is 1. The maximum atomic E-state index is 11.6. The molecule has 0 aromatic carbocycles. The molecular weight excluding hydrogens is 292 g/mol. The molecule has 0 radical (unpaired) electrons. The maximum absolute atomic E-state index is 11.6. The van der Waals surface area contributed by atoms with Gasteiger partial charge < -0.3 is 9.47 Å². The minimum absolute atomic E-state index is 0.116. The van der Waals surface area contributed by atoms with E-state index >= 15 is 0 Å². The van der Waals surface area contributed by atoms with Gasteiger partial charge in [-0.1, -0.05) is 45.4 Å². The largest absolute Gasteiger partial charge is 0.469 e. The fraction of sp³-hybridized carbons (Fsp3) is 0.789. The smallest absolute Gasteiger partial charge is 0.305 e. The lowest BCUT2D eigenvalue weighted by atomic mass is 10.1. The Hall–Kier alpha value is -1.16. The second-order valence-corrected chi connectivity index (χ2v) is 6.30. The Morgan fingerprint density at radius 2 is 1.70 bits per heavy atom. The van der Waals surface area contributed by atoms with E-state index in [4.69, 9.17) is 4.74 Å². The summed E-state index contributed by atoms with van der Waals surface area (Å²) in [5.74, 6) is 0.105. The molecule has 0 aliphatic carbocycles. The van der Waals surface area contributed by atoms with E-state index in [0.29, 0.717) is 18.9 Å². The van der Waals surface area contributed by atoms with Gasteiger partial charge in [0.15, 0.2) is 5.78 Å². The molecule has 0 N–H and O–H groups in total. The molecule has 0 aromatic heterocycles. The molecule has 4 heteroatoms. The zero-order valence-electron chi connectivity index (χ0n) is 14.7. The van der Waals surface area contributed by atoms with Gasteiger partial charge in [-0.2, -0.15) is 0 Å². The summed E-state index contributed by atoms with van der Waals surface area (Å²) in [4.78, 5) is 22.6. The second kappa shape index (κ2) is 12.3. The molecule has 1 aliphatic rings. The first-order chi connectivity index (χ1) is 11.2. The zero-order chi connectivity index (χ0) is 16.9. The fourth-order valence-corrected chi connectivity index (χ4v) is 2.64. The highest BCUT2D eigenvalue weighted by Gasteiger charge is 2.35. The first-order valence-corrected chi connectivity index (χ1v) is 9.10. The number of ether oxygens (including phenoxy) is 2. The summed E-state index contributed by atoms with van der Waals surface area (Å²) >= 11 is 0. The van der Waals surface area contributed by atoms with Crippen LogP contribution in [0.5, 0.6) is 0 Å². The SMILES string of the molecule is CCCCCC(=O)/C=C/C1OC1CCCCCCCC(=O)OC. The van der Waals surface area contributed by atoms with Gasteiger partial charge in [0, 0.05) is 12.8 Å². The Morgan fingerprint density at radius 1 is 1.00 bits per heavy atom. The van der Waals surface area contributed by atoms with Crippen LogP contribution in [0.3, 0.4) is 0 Å². The maximum Gasteiger partial charge on any atom is 0.305 e. The van der Waals surface area contributed by atoms with Crippen molar-refractivity contribution in [3.8, 4) is 0 Å². The Bertz CT molecular complexity index is 376. The van der Waals surface area contributed by atoms with E-state index in [2.05, 4.69) is 11.7 Å². The van der Waals surface area contributed by atoms with Gasteiger partial charge >= 0.3 is 5.97 Å². The van der Waals surface area contributed by atoms with Crippen LogP contribution in [0.4, 0.5) is 0 Å². The highest BCUT2D eigenvalue weighted by molar-refractivity contribution is 5.89. The van der Waals surface area contributed by atoms with Crippen molar-refractivity contribution in [1.82, 2.24) is 0 Å². The summed E-state index contributed by atoms with van der Waals surface area (Å²) in [5.41, 5.74) is 0. The van der Waals surface area contributed by atoms with Crippen molar-refractivity contribution in [3.05, 3.63) is 12.2 Å². The van der Waals surface area contributed by atoms with E-state index in [1.165, 1.54) is 13.5 Å². The van der Waals surface area contributed by atoms with E-state index in [1.807, 2.05) is 6.08 Å². The molecule has 4 nitrogen and oxygen atoms in total. The Morgan fingerprint density at radius 3 is 2.43 bits per heavy atom. The number of esters is 1. The number of hydrogen-bond donors (Lipinski definition) is 0. The molecule has 0 spiro atoms. The number of hydrogen-bond acceptors (Lipinski definition) is 4. The lowest BCUT2D eigenvalue weighted by molar-refractivity contribution is -0.140. The first kappa shape index (κ1) is 19.9. The second-order valence-electron chi connectivity index (χ2n) is 6.30. The molecule has 23 heavy (non-hydrogen) atoms. The summed E-state index contributed by atoms with van der Waals surface area (Å²) in [6.07, 6.45) is 15.1. The predicted octanol–water partition coefficient (Wildman–Crippen LogP) is 4.36. The molecule has 1 fully saturated rings. The van der Waals surface area contributed by atoms with E-state index < -0.39 is 0 Å². The monoisotopic (exact) mass is 324 g/mol. The van der Waals surface area contributed by atoms with Gasteiger partial charge in [0.25, 0.3) is 0 Å². The third kappa shape index (κ3) is 10.3. The third-order valence-electron chi connectivity index (χ3n) is 4.22. The highest BCUT2D eigenvalue weighted by Crippen LogP contribution is 2.28. The van der Waals surface area contributed by atoms with Gasteiger partial charge in [0.05, 0.1) is 13.2 Å². The van der Waals surface area contributed by atoms with Crippen LogP contribution in [-0.2, 0) is 19.1 Å². The van der Waals surface area contributed by atoms with Gasteiger partial charge in [-0.05, 0) is 31.4 Å². The molecule has 1 aliphatic heterocycles. The minimum Gasteiger partial charge on any atom is -0.469 e. The van der Waals surface area contributed by atoms with Crippen molar-refractivity contribution < 1.29 is 19.1 Å². The van der Waals surface area contributed by atoms with Crippen LogP contribution in [-0.4, -0.2) is 31.1 Å². The zero-order valence-corrected chi connectivity index (χ0v) is 14.7. The molecule has 0 saturated carbocycles. The first-order valence-electron chi connectivity index (χ1n) is 9.10. The summed E-state index contributed by atoms with van der Waals surface area (Å²) in [6.45, 7) is 2.14. The number of rotatable bonds is 14. The summed E-state index contributed by atoms with van der Waals surface area (Å²) in [7, 11) is 1.43. The average Bonchev–Trinajstić information content (AvgIpc) is 3.30. The number of carbonyl (C=O) groups is 2. The van der Waals surface area contributed by atoms with Crippen LogP contribution in [0.1, 0.15) is 77.6 Å². The van der Waals surface area contributed by atoms with Crippen molar-refractivity contribution in [2.45, 2.75) is 89.8 Å². The van der Waals surface area contributed by atoms with Crippen LogP contribution in [0.2, 0.25) is 0 Å². The Kier molecular flexibility index (Phi) is 10.6. The normalized spacial score (nSPS) is 19.9. The highest BCUT2D eigenvalue weighted by atomic mass is 16.6. The van der Waals surface area contributed by atoms with Crippen LogP contribution >= 0.6 is 0 Å². The Balaban J connectivity index is 1.92. The number of allylic oxidation sites excluding steroid dienone is 1. The Labute approximate surface area is 140 Å². The molecule has 2 unspecified atom stereocenters. The van der Waals surface area contributed by atoms with E-state index in [1.54, 1.807) is 6.08 Å². The van der Waals surface area contributed by atoms with E-state index in [9.17, 15) is 9.59 Å². The number of carbonyl (C=O) groups excluding carboxylic acids is 2. The topological polar surface area (TPSA) is 55.9 Å². The predicted molar refractivity (Wildman–Crippen MR) is 91.3 cm³/mol. The standard InChI is InChI=1S/C19H32O4/c1-3-4-8-11-16(20)14-15-18-17(23-18)12-9-6-5-7-10-13-19(21)22-2/h14-15,17-18H,3-13H2,1-2H3/b15-14+. The average molecular weight is 324 g/mol. The lowest BCUT2D eigenvalue weighted by Gasteiger charge is -2.00. The van der Waals surface area contributed by atoms with Crippen molar-refractivity contribution in [3.63, 3.8) is 0 Å². The van der Waals surface area contributed by atoms with Crippen LogP contribution in [0.25, 0.3) is 0 Å². The van der Waals surface area contributed by atoms with Gasteiger partial charge in [-0.25, -0.2) is 0 Å². The van der Waals surface area contributed by atoms with E-state index in [-0.39, 0.29) is 17.9 Å². The van der Waals surface area contributed by atoms with Gasteiger partial charge in [-0.15, -0.1) is 0 Å². The quantitative estimate of drug-likeness (QED) is 0.206. The van der Waals surface area contributed by atoms with Crippen LogP contribution in [0.15, 0.2) is 12.2 Å². The lowest BCUT2D eigenvalue weighted by Crippen LogP contribution is -1.99. The molecule has 2 atom stereocenters. The van der Waals surface area contributed by atoms with Crippen LogP contribution in [0, 0.1) is 0 Å². The molecule has 1 heterocycles. The number of unbranched alkanes of at least 4 members (excludes halogenated alkanes) is 6.